The van der Waals surface area contributed by atoms with E-state index in [1.807, 2.05) is 11.9 Å². The second-order valence-corrected chi connectivity index (χ2v) is 10.1. The zero-order chi connectivity index (χ0) is 26.5. The van der Waals surface area contributed by atoms with Gasteiger partial charge in [0.15, 0.2) is 11.9 Å². The number of aromatic amines is 1. The van der Waals surface area contributed by atoms with Crippen molar-refractivity contribution in [3.8, 4) is 5.75 Å². The first-order valence-corrected chi connectivity index (χ1v) is 12.8. The van der Waals surface area contributed by atoms with Crippen LogP contribution >= 0.6 is 7.75 Å². The van der Waals surface area contributed by atoms with Crippen molar-refractivity contribution in [2.24, 2.45) is 0 Å². The van der Waals surface area contributed by atoms with E-state index < -0.39 is 61.7 Å². The van der Waals surface area contributed by atoms with Crippen LogP contribution in [0.1, 0.15) is 33.4 Å². The van der Waals surface area contributed by atoms with Crippen LogP contribution in [0.25, 0.3) is 0 Å². The van der Waals surface area contributed by atoms with Gasteiger partial charge in [-0.3, -0.25) is 23.7 Å². The summed E-state index contributed by atoms with van der Waals surface area (Å²) < 4.78 is 51.3. The van der Waals surface area contributed by atoms with E-state index in [4.69, 9.17) is 18.5 Å². The largest absolute Gasteiger partial charge is 0.465 e. The number of carbonyl (C=O) groups is 1. The number of nitrogens with one attached hydrogen (secondary N) is 2. The molecule has 0 bridgehead atoms. The maximum atomic E-state index is 15.4. The minimum Gasteiger partial charge on any atom is -0.465 e. The zero-order valence-corrected chi connectivity index (χ0v) is 20.9. The van der Waals surface area contributed by atoms with Gasteiger partial charge in [-0.1, -0.05) is 25.1 Å². The van der Waals surface area contributed by atoms with Gasteiger partial charge in [0.1, 0.15) is 24.0 Å². The number of halogens is 1. The molecule has 0 radical (unpaired) electrons. The molecule has 12 nitrogen and oxygen atoms in total. The number of hydrogen-bond acceptors (Lipinski definition) is 9. The molecule has 3 rings (SSSR count). The quantitative estimate of drug-likeness (QED) is 0.289. The standard InChI is InChI=1S/C22H29FN3O9P/c1-4-12-32-19(29)14(2)25-36(31,35-15-8-6-5-7-9-15)33-13-16-18(28)22(3,23)20(34-16)26-11-10-17(27)24-21(26)30/h5-11,14,16,18,20,28H,4,12-13H2,1-3H3,(H,25,31)(H,24,27,30)/t14-,16?,18+,20+,22+,36?/m0/s1. The highest BCUT2D eigenvalue weighted by molar-refractivity contribution is 7.52. The molecule has 1 aliphatic heterocycles. The number of aliphatic hydroxyl groups is 1. The summed E-state index contributed by atoms with van der Waals surface area (Å²) in [6.45, 7) is 3.77. The second-order valence-electron chi connectivity index (χ2n) is 8.36. The number of carbonyl (C=O) groups excluding carboxylic acids is 1. The smallest absolute Gasteiger partial charge is 0.459 e. The lowest BCUT2D eigenvalue weighted by Gasteiger charge is -2.25. The fourth-order valence-electron chi connectivity index (χ4n) is 3.46. The van der Waals surface area contributed by atoms with Crippen LogP contribution in [-0.4, -0.2) is 57.8 Å². The van der Waals surface area contributed by atoms with Crippen LogP contribution < -0.4 is 20.9 Å². The van der Waals surface area contributed by atoms with Crippen molar-refractivity contribution in [1.29, 1.82) is 0 Å². The van der Waals surface area contributed by atoms with Gasteiger partial charge in [-0.2, -0.15) is 5.09 Å². The summed E-state index contributed by atoms with van der Waals surface area (Å²) in [4.78, 5) is 37.7. The fourth-order valence-corrected chi connectivity index (χ4v) is 4.96. The fraction of sp³-hybridized carbons (Fsp3) is 0.500. The van der Waals surface area contributed by atoms with Crippen molar-refractivity contribution in [2.75, 3.05) is 13.2 Å². The van der Waals surface area contributed by atoms with Gasteiger partial charge < -0.3 is 19.1 Å². The third-order valence-electron chi connectivity index (χ3n) is 5.35. The first-order valence-electron chi connectivity index (χ1n) is 11.2. The zero-order valence-electron chi connectivity index (χ0n) is 20.0. The highest BCUT2D eigenvalue weighted by Gasteiger charge is 2.55. The van der Waals surface area contributed by atoms with Gasteiger partial charge in [0, 0.05) is 12.3 Å². The van der Waals surface area contributed by atoms with E-state index in [2.05, 4.69) is 5.09 Å². The van der Waals surface area contributed by atoms with E-state index in [-0.39, 0.29) is 12.4 Å². The summed E-state index contributed by atoms with van der Waals surface area (Å²) in [6, 6.07) is 7.89. The monoisotopic (exact) mass is 529 g/mol. The molecular weight excluding hydrogens is 500 g/mol. The summed E-state index contributed by atoms with van der Waals surface area (Å²) in [6.07, 6.45) is -3.19. The van der Waals surface area contributed by atoms with Crippen molar-refractivity contribution in [3.63, 3.8) is 0 Å². The first-order chi connectivity index (χ1) is 17.0. The number of hydrogen-bond donors (Lipinski definition) is 3. The summed E-state index contributed by atoms with van der Waals surface area (Å²) in [5.41, 5.74) is -4.11. The van der Waals surface area contributed by atoms with Gasteiger partial charge in [0.05, 0.1) is 13.2 Å². The Morgan fingerprint density at radius 3 is 2.67 bits per heavy atom. The Morgan fingerprint density at radius 2 is 2.03 bits per heavy atom. The van der Waals surface area contributed by atoms with Crippen molar-refractivity contribution in [2.45, 2.75) is 57.3 Å². The molecule has 3 N–H and O–H groups in total. The van der Waals surface area contributed by atoms with E-state index in [9.17, 15) is 24.1 Å². The lowest BCUT2D eigenvalue weighted by Crippen LogP contribution is -2.43. The molecule has 198 valence electrons. The van der Waals surface area contributed by atoms with Crippen LogP contribution in [0.4, 0.5) is 4.39 Å². The molecule has 2 unspecified atom stereocenters. The number of ether oxygens (including phenoxy) is 2. The first kappa shape index (κ1) is 27.8. The van der Waals surface area contributed by atoms with Crippen LogP contribution in [0.5, 0.6) is 5.75 Å². The molecule has 1 aromatic heterocycles. The molecule has 1 aromatic carbocycles. The maximum absolute atomic E-state index is 15.4. The van der Waals surface area contributed by atoms with Crippen molar-refractivity contribution in [1.82, 2.24) is 14.6 Å². The van der Waals surface area contributed by atoms with E-state index in [1.54, 1.807) is 18.2 Å². The van der Waals surface area contributed by atoms with Crippen LogP contribution in [0.2, 0.25) is 0 Å². The highest BCUT2D eigenvalue weighted by Crippen LogP contribution is 2.47. The Labute approximate surface area is 205 Å². The minimum absolute atomic E-state index is 0.156. The number of aliphatic hydroxyl groups excluding tert-OH is 1. The normalized spacial score (nSPS) is 26.2. The molecule has 0 amide bonds. The third kappa shape index (κ3) is 6.48. The highest BCUT2D eigenvalue weighted by atomic mass is 31.2. The summed E-state index contributed by atoms with van der Waals surface area (Å²) in [7, 11) is -4.29. The van der Waals surface area contributed by atoms with Gasteiger partial charge in [0.25, 0.3) is 5.56 Å². The number of H-pyrrole nitrogens is 1. The Kier molecular flexibility index (Phi) is 8.85. The number of alkyl halides is 1. The van der Waals surface area contributed by atoms with E-state index in [0.29, 0.717) is 6.42 Å². The number of rotatable bonds is 11. The summed E-state index contributed by atoms with van der Waals surface area (Å²) >= 11 is 0. The van der Waals surface area contributed by atoms with Crippen LogP contribution in [0.15, 0.2) is 52.2 Å². The molecule has 36 heavy (non-hydrogen) atoms. The number of benzene rings is 1. The van der Waals surface area contributed by atoms with Crippen LogP contribution in [0, 0.1) is 0 Å². The van der Waals surface area contributed by atoms with Crippen molar-refractivity contribution < 1.29 is 37.4 Å². The lowest BCUT2D eigenvalue weighted by molar-refractivity contribution is -0.145. The Bertz CT molecular complexity index is 1200. The third-order valence-corrected chi connectivity index (χ3v) is 7.00. The number of aromatic nitrogens is 2. The summed E-state index contributed by atoms with van der Waals surface area (Å²) in [5, 5.41) is 13.0. The van der Waals surface area contributed by atoms with E-state index in [0.717, 1.165) is 23.8 Å². The van der Waals surface area contributed by atoms with Gasteiger partial charge in [-0.15, -0.1) is 0 Å². The van der Waals surface area contributed by atoms with Crippen LogP contribution in [0.3, 0.4) is 0 Å². The number of para-hydroxylation sites is 1. The maximum Gasteiger partial charge on any atom is 0.459 e. The molecule has 1 saturated heterocycles. The number of esters is 1. The SMILES string of the molecule is CCCOC(=O)[C@H](C)NP(=O)(OCC1O[C@@H](n2ccc(=O)[nH]c2=O)[C@](C)(F)[C@@H]1O)Oc1ccccc1. The topological polar surface area (TPSA) is 158 Å². The molecule has 14 heteroatoms. The number of nitrogens with zero attached hydrogens (tertiary/aromatic N) is 1. The predicted octanol–water partition coefficient (Wildman–Crippen LogP) is 1.66. The average molecular weight is 529 g/mol. The Balaban J connectivity index is 1.78. The van der Waals surface area contributed by atoms with Gasteiger partial charge in [-0.25, -0.2) is 13.8 Å². The molecule has 2 aromatic rings. The molecular formula is C22H29FN3O9P. The van der Waals surface area contributed by atoms with Gasteiger partial charge in [-0.05, 0) is 32.4 Å². The van der Waals surface area contributed by atoms with Gasteiger partial charge in [0.2, 0.25) is 0 Å². The predicted molar refractivity (Wildman–Crippen MR) is 125 cm³/mol. The van der Waals surface area contributed by atoms with Crippen molar-refractivity contribution in [3.05, 3.63) is 63.4 Å². The molecule has 6 atom stereocenters. The Morgan fingerprint density at radius 1 is 1.33 bits per heavy atom. The average Bonchev–Trinajstić information content (AvgIpc) is 3.05. The molecule has 0 aliphatic carbocycles. The minimum atomic E-state index is -4.29. The van der Waals surface area contributed by atoms with E-state index >= 15 is 4.39 Å². The summed E-state index contributed by atoms with van der Waals surface area (Å²) in [5.74, 6) is -0.535. The molecule has 0 saturated carbocycles. The Hall–Kier alpha value is -2.83. The van der Waals surface area contributed by atoms with E-state index in [1.165, 1.54) is 19.1 Å². The van der Waals surface area contributed by atoms with Gasteiger partial charge >= 0.3 is 19.4 Å². The molecule has 0 spiro atoms. The van der Waals surface area contributed by atoms with Crippen LogP contribution in [-0.2, 0) is 23.4 Å². The molecule has 1 aliphatic rings. The molecule has 2 heterocycles. The van der Waals surface area contributed by atoms with Crippen molar-refractivity contribution >= 4 is 13.7 Å². The molecule has 1 fully saturated rings. The lowest BCUT2D eigenvalue weighted by atomic mass is 9.98. The second kappa shape index (κ2) is 11.5.